The lowest BCUT2D eigenvalue weighted by molar-refractivity contribution is 0.0952. The van der Waals surface area contributed by atoms with Crippen LogP contribution in [0.4, 0.5) is 0 Å². The minimum Gasteiger partial charge on any atom is -0.351 e. The molecule has 0 aliphatic rings. The molecule has 0 unspecified atom stereocenters. The number of amides is 1. The van der Waals surface area contributed by atoms with E-state index in [0.717, 1.165) is 0 Å². The Labute approximate surface area is 156 Å². The van der Waals surface area contributed by atoms with Crippen molar-refractivity contribution in [2.45, 2.75) is 26.3 Å². The monoisotopic (exact) mass is 367 g/mol. The molecule has 2 aromatic carbocycles. The van der Waals surface area contributed by atoms with Crippen LogP contribution < -0.4 is 10.9 Å². The van der Waals surface area contributed by atoms with E-state index in [1.807, 2.05) is 37.3 Å². The summed E-state index contributed by atoms with van der Waals surface area (Å²) in [5.74, 6) is 0.0387. The molecule has 1 amide bonds. The van der Waals surface area contributed by atoms with Crippen molar-refractivity contribution in [3.63, 3.8) is 0 Å². The van der Waals surface area contributed by atoms with Crippen molar-refractivity contribution in [3.05, 3.63) is 74.8 Å². The smallest absolute Gasteiger partial charge is 0.262 e. The quantitative estimate of drug-likeness (QED) is 0.677. The Balaban J connectivity index is 1.81. The average Bonchev–Trinajstić information content (AvgIpc) is 2.66. The van der Waals surface area contributed by atoms with Gasteiger partial charge >= 0.3 is 0 Å². The lowest BCUT2D eigenvalue weighted by Gasteiger charge is -2.13. The van der Waals surface area contributed by atoms with E-state index in [4.69, 9.17) is 12.2 Å². The fourth-order valence-corrected chi connectivity index (χ4v) is 3.25. The Morgan fingerprint density at radius 2 is 1.96 bits per heavy atom. The maximum Gasteiger partial charge on any atom is 0.262 e. The molecule has 1 atom stereocenters. The van der Waals surface area contributed by atoms with Gasteiger partial charge in [-0.25, -0.2) is 0 Å². The summed E-state index contributed by atoms with van der Waals surface area (Å²) < 4.78 is 1.86. The molecule has 3 aromatic rings. The predicted octanol–water partition coefficient (Wildman–Crippen LogP) is 3.61. The van der Waals surface area contributed by atoms with Crippen molar-refractivity contribution in [2.24, 2.45) is 0 Å². The summed E-state index contributed by atoms with van der Waals surface area (Å²) in [6, 6.07) is 15.1. The zero-order valence-corrected chi connectivity index (χ0v) is 15.6. The number of hydrogen-bond acceptors (Lipinski definition) is 3. The number of fused-ring (bicyclic) bond motifs is 1. The van der Waals surface area contributed by atoms with Gasteiger partial charge in [-0.05, 0) is 48.8 Å². The minimum atomic E-state index is -0.173. The lowest BCUT2D eigenvalue weighted by atomic mass is 10.0. The fraction of sp³-hybridized carbons (Fsp3) is 0.250. The van der Waals surface area contributed by atoms with Crippen LogP contribution in [0.15, 0.2) is 53.3 Å². The summed E-state index contributed by atoms with van der Waals surface area (Å²) in [5, 5.41) is 3.47. The highest BCUT2D eigenvalue weighted by atomic mass is 32.1. The predicted molar refractivity (Wildman–Crippen MR) is 106 cm³/mol. The maximum absolute atomic E-state index is 12.5. The fourth-order valence-electron chi connectivity index (χ4n) is 2.93. The molecule has 0 saturated heterocycles. The number of aromatic nitrogens is 2. The summed E-state index contributed by atoms with van der Waals surface area (Å²) in [5.41, 5.74) is 2.11. The number of H-pyrrole nitrogens is 1. The number of nitrogens with one attached hydrogen (secondary N) is 2. The van der Waals surface area contributed by atoms with Gasteiger partial charge in [0.1, 0.15) is 0 Å². The molecule has 0 saturated carbocycles. The first kappa shape index (κ1) is 18.1. The summed E-state index contributed by atoms with van der Waals surface area (Å²) in [7, 11) is 0. The third kappa shape index (κ3) is 3.60. The van der Waals surface area contributed by atoms with Gasteiger partial charge in [-0.15, -0.1) is 0 Å². The van der Waals surface area contributed by atoms with Crippen molar-refractivity contribution >= 4 is 29.0 Å². The van der Waals surface area contributed by atoms with E-state index in [2.05, 4.69) is 17.2 Å². The molecule has 0 bridgehead atoms. The van der Waals surface area contributed by atoms with Crippen LogP contribution in [0.25, 0.3) is 10.9 Å². The first-order chi connectivity index (χ1) is 12.5. The van der Waals surface area contributed by atoms with E-state index in [9.17, 15) is 9.59 Å². The highest BCUT2D eigenvalue weighted by Crippen LogP contribution is 2.14. The standard InChI is InChI=1S/C20H21N3O2S/c1-3-23-19(25)16-10-9-15(11-17(16)22-20(23)26)18(24)21-12-13(2)14-7-5-4-6-8-14/h4-11,13H,3,12H2,1-2H3,(H,21,24)(H,22,26)/t13-/m1/s1. The molecule has 26 heavy (non-hydrogen) atoms. The molecular weight excluding hydrogens is 346 g/mol. The molecule has 0 fully saturated rings. The molecule has 0 spiro atoms. The van der Waals surface area contributed by atoms with Gasteiger partial charge in [0, 0.05) is 18.7 Å². The Morgan fingerprint density at radius 1 is 1.23 bits per heavy atom. The molecule has 6 heteroatoms. The third-order valence-corrected chi connectivity index (χ3v) is 4.82. The molecule has 5 nitrogen and oxygen atoms in total. The second-order valence-electron chi connectivity index (χ2n) is 6.26. The average molecular weight is 367 g/mol. The lowest BCUT2D eigenvalue weighted by Crippen LogP contribution is -2.27. The van der Waals surface area contributed by atoms with Crippen LogP contribution in [-0.4, -0.2) is 22.0 Å². The zero-order valence-electron chi connectivity index (χ0n) is 14.8. The maximum atomic E-state index is 12.5. The third-order valence-electron chi connectivity index (χ3n) is 4.50. The molecule has 134 valence electrons. The molecule has 1 aromatic heterocycles. The number of carbonyl (C=O) groups excluding carboxylic acids is 1. The van der Waals surface area contributed by atoms with Crippen LogP contribution in [0.2, 0.25) is 0 Å². The molecule has 1 heterocycles. The SMILES string of the molecule is CCn1c(=S)[nH]c2cc(C(=O)NC[C@@H](C)c3ccccc3)ccc2c1=O. The number of rotatable bonds is 5. The van der Waals surface area contributed by atoms with Crippen LogP contribution in [0.1, 0.15) is 35.7 Å². The van der Waals surface area contributed by atoms with Crippen molar-refractivity contribution < 1.29 is 4.79 Å². The van der Waals surface area contributed by atoms with E-state index in [0.29, 0.717) is 34.3 Å². The van der Waals surface area contributed by atoms with Crippen molar-refractivity contribution in [3.8, 4) is 0 Å². The van der Waals surface area contributed by atoms with Gasteiger partial charge in [-0.3, -0.25) is 14.2 Å². The Hall–Kier alpha value is -2.73. The summed E-state index contributed by atoms with van der Waals surface area (Å²) in [6.45, 7) is 4.98. The molecule has 0 aliphatic carbocycles. The highest BCUT2D eigenvalue weighted by Gasteiger charge is 2.12. The van der Waals surface area contributed by atoms with Gasteiger partial charge in [-0.1, -0.05) is 37.3 Å². The minimum absolute atomic E-state index is 0.143. The number of benzene rings is 2. The second kappa shape index (κ2) is 7.66. The number of hydrogen-bond donors (Lipinski definition) is 2. The van der Waals surface area contributed by atoms with Crippen LogP contribution >= 0.6 is 12.2 Å². The van der Waals surface area contributed by atoms with E-state index in [-0.39, 0.29) is 17.4 Å². The van der Waals surface area contributed by atoms with Crippen LogP contribution in [0, 0.1) is 4.77 Å². The van der Waals surface area contributed by atoms with Crippen LogP contribution in [0.3, 0.4) is 0 Å². The highest BCUT2D eigenvalue weighted by molar-refractivity contribution is 7.71. The van der Waals surface area contributed by atoms with E-state index in [1.54, 1.807) is 18.2 Å². The molecular formula is C20H21N3O2S. The summed E-state index contributed by atoms with van der Waals surface area (Å²) in [4.78, 5) is 27.9. The summed E-state index contributed by atoms with van der Waals surface area (Å²) in [6.07, 6.45) is 0. The van der Waals surface area contributed by atoms with E-state index >= 15 is 0 Å². The number of aromatic amines is 1. The largest absolute Gasteiger partial charge is 0.351 e. The van der Waals surface area contributed by atoms with Gasteiger partial charge in [0.15, 0.2) is 4.77 Å². The topological polar surface area (TPSA) is 66.9 Å². The van der Waals surface area contributed by atoms with Crippen molar-refractivity contribution in [2.75, 3.05) is 6.54 Å². The first-order valence-electron chi connectivity index (χ1n) is 8.61. The van der Waals surface area contributed by atoms with Gasteiger partial charge in [-0.2, -0.15) is 0 Å². The Morgan fingerprint density at radius 3 is 2.65 bits per heavy atom. The van der Waals surface area contributed by atoms with Crippen LogP contribution in [-0.2, 0) is 6.54 Å². The van der Waals surface area contributed by atoms with Crippen molar-refractivity contribution in [1.82, 2.24) is 14.9 Å². The molecule has 2 N–H and O–H groups in total. The Bertz CT molecular complexity index is 1050. The normalized spacial score (nSPS) is 12.1. The van der Waals surface area contributed by atoms with Gasteiger partial charge < -0.3 is 10.3 Å². The van der Waals surface area contributed by atoms with E-state index < -0.39 is 0 Å². The van der Waals surface area contributed by atoms with Crippen molar-refractivity contribution in [1.29, 1.82) is 0 Å². The van der Waals surface area contributed by atoms with Gasteiger partial charge in [0.25, 0.3) is 11.5 Å². The zero-order chi connectivity index (χ0) is 18.7. The number of carbonyl (C=O) groups is 1. The molecule has 0 radical (unpaired) electrons. The van der Waals surface area contributed by atoms with Gasteiger partial charge in [0.2, 0.25) is 0 Å². The van der Waals surface area contributed by atoms with Gasteiger partial charge in [0.05, 0.1) is 10.9 Å². The van der Waals surface area contributed by atoms with Crippen LogP contribution in [0.5, 0.6) is 0 Å². The second-order valence-corrected chi connectivity index (χ2v) is 6.65. The molecule has 3 rings (SSSR count). The first-order valence-corrected chi connectivity index (χ1v) is 9.02. The molecule has 0 aliphatic heterocycles. The van der Waals surface area contributed by atoms with E-state index in [1.165, 1.54) is 10.1 Å². The Kier molecular flexibility index (Phi) is 5.32. The summed E-state index contributed by atoms with van der Waals surface area (Å²) >= 11 is 5.22. The number of nitrogens with zero attached hydrogens (tertiary/aromatic N) is 1.